The lowest BCUT2D eigenvalue weighted by Gasteiger charge is -2.15. The fourth-order valence-electron chi connectivity index (χ4n) is 1.30. The second-order valence-corrected chi connectivity index (χ2v) is 4.46. The zero-order valence-electron chi connectivity index (χ0n) is 7.95. The Kier molecular flexibility index (Phi) is 4.59. The molecule has 0 aromatic rings. The molecule has 0 aromatic heterocycles. The number of aliphatic hydroxyl groups excluding tert-OH is 1. The van der Waals surface area contributed by atoms with E-state index < -0.39 is 0 Å². The average molecular weight is 203 g/mol. The third kappa shape index (κ3) is 3.56. The van der Waals surface area contributed by atoms with Gasteiger partial charge in [0.25, 0.3) is 0 Å². The van der Waals surface area contributed by atoms with Crippen LogP contribution in [0.1, 0.15) is 26.2 Å². The Labute approximate surface area is 83.3 Å². The largest absolute Gasteiger partial charge is 0.390 e. The fraction of sp³-hybridized carbons (Fsp3) is 0.889. The maximum absolute atomic E-state index is 11.3. The van der Waals surface area contributed by atoms with Crippen molar-refractivity contribution < 1.29 is 9.90 Å². The highest BCUT2D eigenvalue weighted by molar-refractivity contribution is 7.99. The van der Waals surface area contributed by atoms with E-state index in [9.17, 15) is 9.90 Å². The Balaban J connectivity index is 2.19. The normalized spacial score (nSPS) is 27.5. The summed E-state index contributed by atoms with van der Waals surface area (Å²) in [5, 5.41) is 12.3. The van der Waals surface area contributed by atoms with Crippen LogP contribution in [0.2, 0.25) is 0 Å². The average Bonchev–Trinajstić information content (AvgIpc) is 2.48. The minimum absolute atomic E-state index is 0.0191. The Morgan fingerprint density at radius 3 is 2.92 bits per heavy atom. The molecular formula is C9H17NO2S. The van der Waals surface area contributed by atoms with Crippen molar-refractivity contribution in [3.8, 4) is 0 Å². The molecule has 13 heavy (non-hydrogen) atoms. The van der Waals surface area contributed by atoms with E-state index in [2.05, 4.69) is 12.2 Å². The summed E-state index contributed by atoms with van der Waals surface area (Å²) in [6, 6.07) is -0.0191. The smallest absolute Gasteiger partial charge is 0.220 e. The van der Waals surface area contributed by atoms with Gasteiger partial charge in [0.1, 0.15) is 0 Å². The molecule has 1 amide bonds. The van der Waals surface area contributed by atoms with Gasteiger partial charge in [0.2, 0.25) is 5.91 Å². The first-order chi connectivity index (χ1) is 6.24. The van der Waals surface area contributed by atoms with E-state index in [1.807, 2.05) is 0 Å². The number of carbonyl (C=O) groups is 1. The number of thioether (sulfide) groups is 1. The molecule has 0 bridgehead atoms. The summed E-state index contributed by atoms with van der Waals surface area (Å²) in [7, 11) is 0. The Hall–Kier alpha value is -0.220. The highest BCUT2D eigenvalue weighted by atomic mass is 32.2. The van der Waals surface area contributed by atoms with Crippen molar-refractivity contribution >= 4 is 17.7 Å². The van der Waals surface area contributed by atoms with Gasteiger partial charge in [-0.2, -0.15) is 11.8 Å². The molecule has 2 N–H and O–H groups in total. The van der Waals surface area contributed by atoms with Gasteiger partial charge < -0.3 is 10.4 Å². The number of amides is 1. The lowest BCUT2D eigenvalue weighted by atomic mass is 10.2. The van der Waals surface area contributed by atoms with Crippen LogP contribution in [0.25, 0.3) is 0 Å². The molecule has 76 valence electrons. The van der Waals surface area contributed by atoms with E-state index in [0.717, 1.165) is 24.3 Å². The van der Waals surface area contributed by atoms with E-state index in [1.54, 1.807) is 11.8 Å². The van der Waals surface area contributed by atoms with Gasteiger partial charge in [0.05, 0.1) is 12.1 Å². The molecule has 4 heteroatoms. The van der Waals surface area contributed by atoms with Crippen molar-refractivity contribution in [2.24, 2.45) is 0 Å². The van der Waals surface area contributed by atoms with Gasteiger partial charge in [-0.15, -0.1) is 0 Å². The number of hydrogen-bond acceptors (Lipinski definition) is 3. The highest BCUT2D eigenvalue weighted by Crippen LogP contribution is 2.18. The van der Waals surface area contributed by atoms with Gasteiger partial charge in [0.15, 0.2) is 0 Å². The van der Waals surface area contributed by atoms with Gasteiger partial charge in [-0.1, -0.05) is 13.3 Å². The molecular weight excluding hydrogens is 186 g/mol. The summed E-state index contributed by atoms with van der Waals surface area (Å²) in [5.74, 6) is 1.67. The third-order valence-electron chi connectivity index (χ3n) is 2.15. The molecule has 1 fully saturated rings. The van der Waals surface area contributed by atoms with Crippen LogP contribution in [0.3, 0.4) is 0 Å². The number of unbranched alkanes of at least 4 members (excludes halogenated alkanes) is 1. The van der Waals surface area contributed by atoms with Crippen molar-refractivity contribution in [3.63, 3.8) is 0 Å². The summed E-state index contributed by atoms with van der Waals surface area (Å²) in [6.07, 6.45) is 2.21. The van der Waals surface area contributed by atoms with Crippen LogP contribution in [0, 0.1) is 0 Å². The predicted molar refractivity (Wildman–Crippen MR) is 54.8 cm³/mol. The van der Waals surface area contributed by atoms with Crippen molar-refractivity contribution in [1.82, 2.24) is 5.32 Å². The molecule has 3 nitrogen and oxygen atoms in total. The van der Waals surface area contributed by atoms with Crippen LogP contribution < -0.4 is 5.32 Å². The molecule has 0 aromatic carbocycles. The van der Waals surface area contributed by atoms with E-state index >= 15 is 0 Å². The van der Waals surface area contributed by atoms with Crippen molar-refractivity contribution in [1.29, 1.82) is 0 Å². The highest BCUT2D eigenvalue weighted by Gasteiger charge is 2.26. The summed E-state index contributed by atoms with van der Waals surface area (Å²) < 4.78 is 0. The van der Waals surface area contributed by atoms with Gasteiger partial charge >= 0.3 is 0 Å². The molecule has 2 atom stereocenters. The third-order valence-corrected chi connectivity index (χ3v) is 3.33. The fourth-order valence-corrected chi connectivity index (χ4v) is 2.47. The van der Waals surface area contributed by atoms with E-state index in [4.69, 9.17) is 0 Å². The minimum atomic E-state index is -0.351. The molecule has 1 rings (SSSR count). The maximum Gasteiger partial charge on any atom is 0.220 e. The predicted octanol–water partition coefficient (Wildman–Crippen LogP) is 0.769. The topological polar surface area (TPSA) is 49.3 Å². The first-order valence-corrected chi connectivity index (χ1v) is 5.94. The van der Waals surface area contributed by atoms with Crippen molar-refractivity contribution in [2.45, 2.75) is 38.3 Å². The molecule has 2 unspecified atom stereocenters. The second-order valence-electron chi connectivity index (χ2n) is 3.38. The van der Waals surface area contributed by atoms with Crippen LogP contribution >= 0.6 is 11.8 Å². The maximum atomic E-state index is 11.3. The Morgan fingerprint density at radius 1 is 1.62 bits per heavy atom. The van der Waals surface area contributed by atoms with Crippen molar-refractivity contribution in [3.05, 3.63) is 0 Å². The van der Waals surface area contributed by atoms with E-state index in [0.29, 0.717) is 6.42 Å². The summed E-state index contributed by atoms with van der Waals surface area (Å²) in [4.78, 5) is 11.3. The van der Waals surface area contributed by atoms with Crippen LogP contribution in [0.5, 0.6) is 0 Å². The Bertz CT molecular complexity index is 175. The molecule has 0 spiro atoms. The number of hydrogen-bond donors (Lipinski definition) is 2. The van der Waals surface area contributed by atoms with Gasteiger partial charge in [0, 0.05) is 17.9 Å². The Morgan fingerprint density at radius 2 is 2.38 bits per heavy atom. The minimum Gasteiger partial charge on any atom is -0.390 e. The van der Waals surface area contributed by atoms with Crippen molar-refractivity contribution in [2.75, 3.05) is 11.5 Å². The lowest BCUT2D eigenvalue weighted by Crippen LogP contribution is -2.42. The van der Waals surface area contributed by atoms with Gasteiger partial charge in [-0.25, -0.2) is 0 Å². The second kappa shape index (κ2) is 5.50. The molecule has 1 aliphatic rings. The number of rotatable bonds is 4. The lowest BCUT2D eigenvalue weighted by molar-refractivity contribution is -0.122. The molecule has 0 radical (unpaired) electrons. The summed E-state index contributed by atoms with van der Waals surface area (Å²) >= 11 is 1.69. The molecule has 1 aliphatic heterocycles. The summed E-state index contributed by atoms with van der Waals surface area (Å²) in [6.45, 7) is 2.06. The quantitative estimate of drug-likeness (QED) is 0.709. The SMILES string of the molecule is CCCCC(=O)NC1CSCC1O. The van der Waals surface area contributed by atoms with E-state index in [-0.39, 0.29) is 18.1 Å². The van der Waals surface area contributed by atoms with E-state index in [1.165, 1.54) is 0 Å². The molecule has 1 saturated heterocycles. The number of aliphatic hydroxyl groups is 1. The van der Waals surface area contributed by atoms with Crippen LogP contribution in [-0.4, -0.2) is 34.7 Å². The first-order valence-electron chi connectivity index (χ1n) is 4.79. The number of carbonyl (C=O) groups excluding carboxylic acids is 1. The monoisotopic (exact) mass is 203 g/mol. The first kappa shape index (κ1) is 10.9. The molecule has 1 heterocycles. The zero-order chi connectivity index (χ0) is 9.68. The van der Waals surface area contributed by atoms with Gasteiger partial charge in [-0.05, 0) is 6.42 Å². The van der Waals surface area contributed by atoms with Crippen LogP contribution in [-0.2, 0) is 4.79 Å². The molecule has 0 aliphatic carbocycles. The summed E-state index contributed by atoms with van der Waals surface area (Å²) in [5.41, 5.74) is 0. The number of nitrogens with one attached hydrogen (secondary N) is 1. The molecule has 0 saturated carbocycles. The van der Waals surface area contributed by atoms with Crippen LogP contribution in [0.4, 0.5) is 0 Å². The zero-order valence-corrected chi connectivity index (χ0v) is 8.77. The van der Waals surface area contributed by atoms with Gasteiger partial charge in [-0.3, -0.25) is 4.79 Å². The standard InChI is InChI=1S/C9H17NO2S/c1-2-3-4-9(12)10-7-5-13-6-8(7)11/h7-8,11H,2-6H2,1H3,(H,10,12). The van der Waals surface area contributed by atoms with Crippen LogP contribution in [0.15, 0.2) is 0 Å².